The van der Waals surface area contributed by atoms with Crippen LogP contribution in [0.15, 0.2) is 0 Å². The number of hydrogen-bond acceptors (Lipinski definition) is 3. The minimum absolute atomic E-state index is 0.221. The molecule has 0 aromatic rings. The molecule has 0 fully saturated rings. The van der Waals surface area contributed by atoms with Crippen LogP contribution in [-0.4, -0.2) is 40.4 Å². The molecule has 0 spiro atoms. The number of carboxylic acid groups (broad SMARTS) is 2. The quantitative estimate of drug-likeness (QED) is 0.322. The normalized spacial score (nSPS) is 10.0. The third-order valence-corrected chi connectivity index (χ3v) is 2.99. The second-order valence-corrected chi connectivity index (χ2v) is 5.00. The van der Waals surface area contributed by atoms with Gasteiger partial charge in [-0.25, -0.2) is 0 Å². The van der Waals surface area contributed by atoms with Crippen LogP contribution in [0.3, 0.4) is 0 Å². The Morgan fingerprint density at radius 3 is 1.50 bits per heavy atom. The fourth-order valence-corrected chi connectivity index (χ4v) is 1.83. The van der Waals surface area contributed by atoms with Crippen LogP contribution >= 0.6 is 12.2 Å². The van der Waals surface area contributed by atoms with Crippen molar-refractivity contribution < 1.29 is 19.8 Å². The van der Waals surface area contributed by atoms with Crippen molar-refractivity contribution in [1.29, 1.82) is 0 Å². The maximum atomic E-state index is 10.3. The minimum atomic E-state index is -0.752. The van der Waals surface area contributed by atoms with Crippen molar-refractivity contribution in [2.24, 2.45) is 0 Å². The fraction of sp³-hybridized carbons (Fsp3) is 0.769. The van der Waals surface area contributed by atoms with Crippen molar-refractivity contribution in [2.75, 3.05) is 13.1 Å². The lowest BCUT2D eigenvalue weighted by Crippen LogP contribution is -2.36. The minimum Gasteiger partial charge on any atom is -0.481 e. The van der Waals surface area contributed by atoms with Crippen LogP contribution in [0.5, 0.6) is 0 Å². The van der Waals surface area contributed by atoms with Crippen LogP contribution in [0.1, 0.15) is 51.4 Å². The van der Waals surface area contributed by atoms with Gasteiger partial charge in [-0.15, -0.1) is 0 Å². The number of thiocarbonyl (C=S) groups is 1. The lowest BCUT2D eigenvalue weighted by molar-refractivity contribution is -0.138. The molecule has 0 heterocycles. The van der Waals surface area contributed by atoms with Crippen molar-refractivity contribution in [2.45, 2.75) is 51.4 Å². The number of carboxylic acids is 2. The molecule has 0 saturated carbocycles. The zero-order valence-electron chi connectivity index (χ0n) is 11.7. The van der Waals surface area contributed by atoms with E-state index in [2.05, 4.69) is 10.6 Å². The molecule has 7 heteroatoms. The lowest BCUT2D eigenvalue weighted by Gasteiger charge is -2.10. The van der Waals surface area contributed by atoms with E-state index in [0.717, 1.165) is 38.8 Å². The molecule has 0 unspecified atom stereocenters. The summed E-state index contributed by atoms with van der Waals surface area (Å²) in [6, 6.07) is 0. The van der Waals surface area contributed by atoms with E-state index in [4.69, 9.17) is 22.4 Å². The Kier molecular flexibility index (Phi) is 11.8. The molecule has 0 aromatic heterocycles. The van der Waals surface area contributed by atoms with Gasteiger partial charge in [0, 0.05) is 25.9 Å². The molecular formula is C13H24N2O4S. The third kappa shape index (κ3) is 14.7. The van der Waals surface area contributed by atoms with Gasteiger partial charge in [-0.05, 0) is 37.9 Å². The van der Waals surface area contributed by atoms with Crippen LogP contribution in [0.2, 0.25) is 0 Å². The topological polar surface area (TPSA) is 98.7 Å². The van der Waals surface area contributed by atoms with Crippen LogP contribution < -0.4 is 10.6 Å². The van der Waals surface area contributed by atoms with E-state index in [1.165, 1.54) is 0 Å². The number of unbranched alkanes of at least 4 members (excludes halogenated alkanes) is 4. The number of nitrogens with one attached hydrogen (secondary N) is 2. The molecule has 0 aliphatic carbocycles. The van der Waals surface area contributed by atoms with Gasteiger partial charge in [-0.1, -0.05) is 12.8 Å². The van der Waals surface area contributed by atoms with Crippen molar-refractivity contribution >= 4 is 29.3 Å². The van der Waals surface area contributed by atoms with E-state index in [1.807, 2.05) is 0 Å². The summed E-state index contributed by atoms with van der Waals surface area (Å²) >= 11 is 5.08. The Balaban J connectivity index is 3.24. The van der Waals surface area contributed by atoms with Gasteiger partial charge in [0.05, 0.1) is 0 Å². The average molecular weight is 304 g/mol. The van der Waals surface area contributed by atoms with E-state index in [0.29, 0.717) is 18.0 Å². The van der Waals surface area contributed by atoms with E-state index in [1.54, 1.807) is 0 Å². The molecule has 0 bridgehead atoms. The molecule has 0 aliphatic heterocycles. The predicted molar refractivity (Wildman–Crippen MR) is 80.8 cm³/mol. The summed E-state index contributed by atoms with van der Waals surface area (Å²) in [6.45, 7) is 1.48. The summed E-state index contributed by atoms with van der Waals surface area (Å²) in [5, 5.41) is 23.7. The zero-order valence-corrected chi connectivity index (χ0v) is 12.5. The molecule has 0 aliphatic rings. The number of aliphatic carboxylic acids is 2. The Labute approximate surface area is 124 Å². The molecule has 0 atom stereocenters. The Morgan fingerprint density at radius 2 is 1.15 bits per heavy atom. The van der Waals surface area contributed by atoms with Gasteiger partial charge in [-0.2, -0.15) is 0 Å². The Hall–Kier alpha value is -1.37. The van der Waals surface area contributed by atoms with Crippen molar-refractivity contribution in [1.82, 2.24) is 10.6 Å². The second-order valence-electron chi connectivity index (χ2n) is 4.59. The molecule has 6 nitrogen and oxygen atoms in total. The van der Waals surface area contributed by atoms with Crippen molar-refractivity contribution in [3.63, 3.8) is 0 Å². The molecule has 0 saturated heterocycles. The third-order valence-electron chi connectivity index (χ3n) is 2.71. The highest BCUT2D eigenvalue weighted by Crippen LogP contribution is 1.99. The predicted octanol–water partition coefficient (Wildman–Crippen LogP) is 1.74. The van der Waals surface area contributed by atoms with Crippen LogP contribution in [0.4, 0.5) is 0 Å². The highest BCUT2D eigenvalue weighted by molar-refractivity contribution is 7.80. The summed E-state index contributed by atoms with van der Waals surface area (Å²) in [5.41, 5.74) is 0. The molecule has 0 rings (SSSR count). The molecule has 20 heavy (non-hydrogen) atoms. The maximum Gasteiger partial charge on any atom is 0.303 e. The lowest BCUT2D eigenvalue weighted by atomic mass is 10.2. The van der Waals surface area contributed by atoms with Gasteiger partial charge >= 0.3 is 11.9 Å². The summed E-state index contributed by atoms with van der Waals surface area (Å²) < 4.78 is 0. The Morgan fingerprint density at radius 1 is 0.750 bits per heavy atom. The summed E-state index contributed by atoms with van der Waals surface area (Å²) in [7, 11) is 0. The molecule has 0 radical (unpaired) electrons. The Bertz CT molecular complexity index is 283. The molecule has 116 valence electrons. The van der Waals surface area contributed by atoms with Crippen LogP contribution in [0, 0.1) is 0 Å². The summed E-state index contributed by atoms with van der Waals surface area (Å²) in [4.78, 5) is 20.6. The first kappa shape index (κ1) is 18.6. The van der Waals surface area contributed by atoms with Crippen LogP contribution in [0.25, 0.3) is 0 Å². The molecule has 0 aromatic carbocycles. The molecular weight excluding hydrogens is 280 g/mol. The first-order valence-corrected chi connectivity index (χ1v) is 7.38. The smallest absolute Gasteiger partial charge is 0.303 e. The average Bonchev–Trinajstić information content (AvgIpc) is 2.37. The molecule has 4 N–H and O–H groups in total. The van der Waals surface area contributed by atoms with Crippen molar-refractivity contribution in [3.8, 4) is 0 Å². The van der Waals surface area contributed by atoms with Gasteiger partial charge in [0.1, 0.15) is 0 Å². The first-order chi connectivity index (χ1) is 9.52. The van der Waals surface area contributed by atoms with E-state index >= 15 is 0 Å². The van der Waals surface area contributed by atoms with Crippen molar-refractivity contribution in [3.05, 3.63) is 0 Å². The highest BCUT2D eigenvalue weighted by Gasteiger charge is 1.99. The standard InChI is InChI=1S/C13H24N2O4S/c16-11(17)7-3-1-5-9-14-13(20)15-10-6-2-4-8-12(18)19/h1-10H2,(H,16,17)(H,18,19)(H2,14,15,20). The van der Waals surface area contributed by atoms with E-state index in [9.17, 15) is 9.59 Å². The molecule has 0 amide bonds. The largest absolute Gasteiger partial charge is 0.481 e. The SMILES string of the molecule is O=C(O)CCCCCNC(=S)NCCCCCC(=O)O. The summed E-state index contributed by atoms with van der Waals surface area (Å²) in [5.74, 6) is -1.50. The van der Waals surface area contributed by atoms with E-state index in [-0.39, 0.29) is 12.8 Å². The first-order valence-electron chi connectivity index (χ1n) is 6.97. The van der Waals surface area contributed by atoms with Gasteiger partial charge in [0.2, 0.25) is 0 Å². The number of carbonyl (C=O) groups is 2. The fourth-order valence-electron chi connectivity index (χ4n) is 1.62. The number of rotatable bonds is 12. The zero-order chi connectivity index (χ0) is 15.2. The highest BCUT2D eigenvalue weighted by atomic mass is 32.1. The van der Waals surface area contributed by atoms with Gasteiger partial charge in [0.15, 0.2) is 5.11 Å². The van der Waals surface area contributed by atoms with Crippen LogP contribution in [-0.2, 0) is 9.59 Å². The number of hydrogen-bond donors (Lipinski definition) is 4. The summed E-state index contributed by atoms with van der Waals surface area (Å²) in [6.07, 6.45) is 5.37. The van der Waals surface area contributed by atoms with Gasteiger partial charge < -0.3 is 20.8 Å². The van der Waals surface area contributed by atoms with E-state index < -0.39 is 11.9 Å². The second kappa shape index (κ2) is 12.7. The monoisotopic (exact) mass is 304 g/mol. The van der Waals surface area contributed by atoms with Gasteiger partial charge in [0.25, 0.3) is 0 Å². The van der Waals surface area contributed by atoms with Gasteiger partial charge in [-0.3, -0.25) is 9.59 Å². The maximum absolute atomic E-state index is 10.3.